The molecule has 108 valence electrons. The highest BCUT2D eigenvalue weighted by Gasteiger charge is 2.20. The summed E-state index contributed by atoms with van der Waals surface area (Å²) >= 11 is 0. The van der Waals surface area contributed by atoms with Crippen molar-refractivity contribution < 1.29 is 4.79 Å². The molecule has 1 fully saturated rings. The fraction of sp³-hybridized carbons (Fsp3) is 0.929. The largest absolute Gasteiger partial charge is 0.306 e. The van der Waals surface area contributed by atoms with Crippen LogP contribution in [0.5, 0.6) is 0 Å². The van der Waals surface area contributed by atoms with Crippen LogP contribution in [0.4, 0.5) is 0 Å². The standard InChI is InChI=1S/C9H17NO.2C2H6.CH4.H3P/c1-3-9(11)6-8-4-5-10(2)7-8;2*1-2;;/h8H,3-7H2,1-2H3;2*1-2H3;1H4;1H3. The highest BCUT2D eigenvalue weighted by atomic mass is 31.0. The quantitative estimate of drug-likeness (QED) is 0.717. The van der Waals surface area contributed by atoms with Gasteiger partial charge in [-0.2, -0.15) is 9.90 Å². The van der Waals surface area contributed by atoms with Gasteiger partial charge in [0.1, 0.15) is 5.78 Å². The zero-order valence-corrected chi connectivity index (χ0v) is 13.6. The van der Waals surface area contributed by atoms with Crippen LogP contribution in [0.1, 0.15) is 61.3 Å². The summed E-state index contributed by atoms with van der Waals surface area (Å²) in [6.45, 7) is 12.2. The van der Waals surface area contributed by atoms with Gasteiger partial charge in [0.05, 0.1) is 0 Å². The average Bonchev–Trinajstić information content (AvgIpc) is 2.69. The molecule has 0 aromatic rings. The van der Waals surface area contributed by atoms with Crippen LogP contribution in [-0.2, 0) is 4.79 Å². The topological polar surface area (TPSA) is 20.3 Å². The Morgan fingerprint density at radius 2 is 1.71 bits per heavy atom. The third-order valence-corrected chi connectivity index (χ3v) is 2.40. The summed E-state index contributed by atoms with van der Waals surface area (Å²) in [6.07, 6.45) is 2.73. The van der Waals surface area contributed by atoms with Crippen LogP contribution in [0.2, 0.25) is 0 Å². The van der Waals surface area contributed by atoms with E-state index < -0.39 is 0 Å². The second-order valence-electron chi connectivity index (χ2n) is 3.51. The molecule has 0 saturated carbocycles. The van der Waals surface area contributed by atoms with Crippen LogP contribution in [0.25, 0.3) is 0 Å². The van der Waals surface area contributed by atoms with Crippen LogP contribution >= 0.6 is 9.90 Å². The number of hydrogen-bond acceptors (Lipinski definition) is 2. The molecular weight excluding hydrogens is 229 g/mol. The van der Waals surface area contributed by atoms with Gasteiger partial charge >= 0.3 is 0 Å². The van der Waals surface area contributed by atoms with E-state index >= 15 is 0 Å². The maximum absolute atomic E-state index is 11.1. The Morgan fingerprint density at radius 3 is 2.00 bits per heavy atom. The van der Waals surface area contributed by atoms with Crippen LogP contribution in [0, 0.1) is 5.92 Å². The van der Waals surface area contributed by atoms with Crippen molar-refractivity contribution in [3.8, 4) is 0 Å². The third kappa shape index (κ3) is 14.0. The fourth-order valence-corrected chi connectivity index (χ4v) is 1.66. The van der Waals surface area contributed by atoms with E-state index in [0.29, 0.717) is 18.1 Å². The Morgan fingerprint density at radius 1 is 1.24 bits per heavy atom. The number of nitrogens with zero attached hydrogens (tertiary/aromatic N) is 1. The molecule has 0 amide bonds. The van der Waals surface area contributed by atoms with Crippen molar-refractivity contribution in [2.75, 3.05) is 20.1 Å². The number of ketones is 1. The molecule has 1 saturated heterocycles. The zero-order valence-electron chi connectivity index (χ0n) is 12.2. The summed E-state index contributed by atoms with van der Waals surface area (Å²) in [5.74, 6) is 1.07. The van der Waals surface area contributed by atoms with E-state index in [-0.39, 0.29) is 17.3 Å². The van der Waals surface area contributed by atoms with Gasteiger partial charge in [0, 0.05) is 19.4 Å². The molecule has 0 spiro atoms. The minimum atomic E-state index is 0. The molecule has 2 unspecified atom stereocenters. The Kier molecular flexibility index (Phi) is 28.0. The normalized spacial score (nSPS) is 17.4. The molecule has 2 nitrogen and oxygen atoms in total. The van der Waals surface area contributed by atoms with Crippen molar-refractivity contribution >= 4 is 15.7 Å². The Bertz CT molecular complexity index is 151. The fourth-order valence-electron chi connectivity index (χ4n) is 1.66. The lowest BCUT2D eigenvalue weighted by atomic mass is 10.0. The maximum atomic E-state index is 11.1. The highest BCUT2D eigenvalue weighted by Crippen LogP contribution is 2.18. The van der Waals surface area contributed by atoms with E-state index in [4.69, 9.17) is 0 Å². The molecule has 1 rings (SSSR count). The highest BCUT2D eigenvalue weighted by molar-refractivity contribution is 6.92. The lowest BCUT2D eigenvalue weighted by molar-refractivity contribution is -0.119. The summed E-state index contributed by atoms with van der Waals surface area (Å²) in [5, 5.41) is 0. The number of carbonyl (C=O) groups is 1. The molecule has 1 aliphatic rings. The summed E-state index contributed by atoms with van der Waals surface area (Å²) < 4.78 is 0. The average molecular weight is 265 g/mol. The Hall–Kier alpha value is 0.0600. The SMILES string of the molecule is C.CC.CC.CCC(=O)CC1CCN(C)C1.P. The maximum Gasteiger partial charge on any atom is 0.132 e. The van der Waals surface area contributed by atoms with Crippen molar-refractivity contribution in [2.45, 2.75) is 61.3 Å². The molecule has 0 bridgehead atoms. The van der Waals surface area contributed by atoms with Gasteiger partial charge in [-0.3, -0.25) is 4.79 Å². The van der Waals surface area contributed by atoms with Crippen LogP contribution in [0.15, 0.2) is 0 Å². The van der Waals surface area contributed by atoms with Crippen molar-refractivity contribution in [2.24, 2.45) is 5.92 Å². The number of rotatable bonds is 3. The molecule has 1 heterocycles. The van der Waals surface area contributed by atoms with Gasteiger partial charge in [0.2, 0.25) is 0 Å². The monoisotopic (exact) mass is 265 g/mol. The van der Waals surface area contributed by atoms with Crippen molar-refractivity contribution in [3.05, 3.63) is 0 Å². The van der Waals surface area contributed by atoms with E-state index in [1.54, 1.807) is 0 Å². The number of hydrogen-bond donors (Lipinski definition) is 0. The second kappa shape index (κ2) is 18.4. The zero-order chi connectivity index (χ0) is 12.3. The molecule has 0 aliphatic carbocycles. The van der Waals surface area contributed by atoms with Gasteiger partial charge in [-0.25, -0.2) is 0 Å². The third-order valence-electron chi connectivity index (χ3n) is 2.40. The van der Waals surface area contributed by atoms with Gasteiger partial charge in [0.25, 0.3) is 0 Å². The van der Waals surface area contributed by atoms with E-state index in [0.717, 1.165) is 13.0 Å². The lowest BCUT2D eigenvalue weighted by Crippen LogP contribution is -2.15. The first-order valence-corrected chi connectivity index (χ1v) is 6.42. The van der Waals surface area contributed by atoms with Crippen LogP contribution in [0.3, 0.4) is 0 Å². The van der Waals surface area contributed by atoms with Crippen molar-refractivity contribution in [1.82, 2.24) is 4.90 Å². The molecule has 17 heavy (non-hydrogen) atoms. The smallest absolute Gasteiger partial charge is 0.132 e. The Balaban J connectivity index is -0.000000128. The summed E-state index contributed by atoms with van der Waals surface area (Å²) in [7, 11) is 2.12. The first-order valence-electron chi connectivity index (χ1n) is 6.42. The molecule has 3 heteroatoms. The summed E-state index contributed by atoms with van der Waals surface area (Å²) in [6, 6.07) is 0. The van der Waals surface area contributed by atoms with Gasteiger partial charge in [0.15, 0.2) is 0 Å². The number of likely N-dealkylation sites (tertiary alicyclic amines) is 1. The second-order valence-corrected chi connectivity index (χ2v) is 3.51. The van der Waals surface area contributed by atoms with Gasteiger partial charge in [-0.05, 0) is 25.9 Å². The molecule has 0 aromatic heterocycles. The predicted octanol–water partition coefficient (Wildman–Crippen LogP) is 4.05. The van der Waals surface area contributed by atoms with E-state index in [1.165, 1.54) is 13.0 Å². The summed E-state index contributed by atoms with van der Waals surface area (Å²) in [4.78, 5) is 13.4. The van der Waals surface area contributed by atoms with E-state index in [2.05, 4.69) is 11.9 Å². The van der Waals surface area contributed by atoms with Crippen molar-refractivity contribution in [1.29, 1.82) is 0 Å². The van der Waals surface area contributed by atoms with Gasteiger partial charge in [-0.15, -0.1) is 0 Å². The molecule has 0 N–H and O–H groups in total. The van der Waals surface area contributed by atoms with Crippen LogP contribution < -0.4 is 0 Å². The van der Waals surface area contributed by atoms with E-state index in [1.807, 2.05) is 34.6 Å². The minimum absolute atomic E-state index is 0. The molecule has 0 radical (unpaired) electrons. The molecular formula is C14H36NOP. The first-order chi connectivity index (χ1) is 7.22. The Labute approximate surface area is 113 Å². The van der Waals surface area contributed by atoms with Crippen LogP contribution in [-0.4, -0.2) is 30.8 Å². The minimum Gasteiger partial charge on any atom is -0.306 e. The number of carbonyl (C=O) groups excluding carboxylic acids is 1. The van der Waals surface area contributed by atoms with Gasteiger partial charge < -0.3 is 4.90 Å². The predicted molar refractivity (Wildman–Crippen MR) is 86.1 cm³/mol. The molecule has 1 aliphatic heterocycles. The molecule has 2 atom stereocenters. The van der Waals surface area contributed by atoms with E-state index in [9.17, 15) is 4.79 Å². The first kappa shape index (κ1) is 25.8. The number of Topliss-reactive ketones (excluding diaryl/α,β-unsaturated/α-hetero) is 1. The molecule has 0 aromatic carbocycles. The summed E-state index contributed by atoms with van der Waals surface area (Å²) in [5.41, 5.74) is 0. The van der Waals surface area contributed by atoms with Gasteiger partial charge in [-0.1, -0.05) is 42.0 Å². The van der Waals surface area contributed by atoms with Crippen molar-refractivity contribution in [3.63, 3.8) is 0 Å². The lowest BCUT2D eigenvalue weighted by Gasteiger charge is -2.07.